The van der Waals surface area contributed by atoms with Crippen LogP contribution in [-0.4, -0.2) is 25.0 Å². The quantitative estimate of drug-likeness (QED) is 0.819. The summed E-state index contributed by atoms with van der Waals surface area (Å²) in [6.07, 6.45) is 2.49. The molecule has 1 rings (SSSR count). The molecule has 1 aromatic carbocycles. The van der Waals surface area contributed by atoms with Crippen LogP contribution >= 0.6 is 0 Å². The SMILES string of the molecule is CCCCN(C)CC(N)c1ccc(C)c(C)c1. The summed E-state index contributed by atoms with van der Waals surface area (Å²) in [6, 6.07) is 6.65. The Morgan fingerprint density at radius 3 is 2.53 bits per heavy atom. The number of unbranched alkanes of at least 4 members (excludes halogenated alkanes) is 1. The second kappa shape index (κ2) is 6.77. The highest BCUT2D eigenvalue weighted by Crippen LogP contribution is 2.16. The largest absolute Gasteiger partial charge is 0.323 e. The molecular formula is C15H26N2. The number of likely N-dealkylation sites (N-methyl/N-ethyl adjacent to an activating group) is 1. The monoisotopic (exact) mass is 234 g/mol. The van der Waals surface area contributed by atoms with E-state index in [1.165, 1.54) is 29.5 Å². The molecule has 0 heterocycles. The van der Waals surface area contributed by atoms with Gasteiger partial charge in [0, 0.05) is 12.6 Å². The van der Waals surface area contributed by atoms with Gasteiger partial charge in [-0.3, -0.25) is 0 Å². The Balaban J connectivity index is 2.57. The zero-order chi connectivity index (χ0) is 12.8. The molecule has 0 radical (unpaired) electrons. The third-order valence-electron chi connectivity index (χ3n) is 3.36. The molecule has 0 spiro atoms. The first-order chi connectivity index (χ1) is 8.04. The number of hydrogen-bond donors (Lipinski definition) is 1. The lowest BCUT2D eigenvalue weighted by atomic mass is 10.0. The molecule has 1 unspecified atom stereocenters. The molecule has 0 aliphatic heterocycles. The van der Waals surface area contributed by atoms with Gasteiger partial charge < -0.3 is 10.6 Å². The zero-order valence-electron chi connectivity index (χ0n) is 11.7. The van der Waals surface area contributed by atoms with Gasteiger partial charge in [-0.2, -0.15) is 0 Å². The molecule has 0 amide bonds. The van der Waals surface area contributed by atoms with Crippen LogP contribution in [0.5, 0.6) is 0 Å². The zero-order valence-corrected chi connectivity index (χ0v) is 11.7. The molecule has 0 aliphatic rings. The van der Waals surface area contributed by atoms with Crippen molar-refractivity contribution >= 4 is 0 Å². The van der Waals surface area contributed by atoms with Crippen LogP contribution in [-0.2, 0) is 0 Å². The maximum atomic E-state index is 6.24. The molecule has 0 saturated heterocycles. The summed E-state index contributed by atoms with van der Waals surface area (Å²) in [7, 11) is 2.15. The van der Waals surface area contributed by atoms with Gasteiger partial charge in [-0.15, -0.1) is 0 Å². The van der Waals surface area contributed by atoms with Crippen LogP contribution < -0.4 is 5.73 Å². The standard InChI is InChI=1S/C15H26N2/c1-5-6-9-17(4)11-15(16)14-8-7-12(2)13(3)10-14/h7-8,10,15H,5-6,9,11,16H2,1-4H3. The summed E-state index contributed by atoms with van der Waals surface area (Å²) >= 11 is 0. The van der Waals surface area contributed by atoms with E-state index in [4.69, 9.17) is 5.73 Å². The lowest BCUT2D eigenvalue weighted by Crippen LogP contribution is -2.29. The van der Waals surface area contributed by atoms with Crippen LogP contribution in [0.1, 0.15) is 42.5 Å². The van der Waals surface area contributed by atoms with E-state index in [1.54, 1.807) is 0 Å². The van der Waals surface area contributed by atoms with Gasteiger partial charge in [0.05, 0.1) is 0 Å². The fourth-order valence-electron chi connectivity index (χ4n) is 1.96. The first-order valence-corrected chi connectivity index (χ1v) is 6.56. The topological polar surface area (TPSA) is 29.3 Å². The molecule has 0 aliphatic carbocycles. The molecule has 2 nitrogen and oxygen atoms in total. The molecule has 0 saturated carbocycles. The van der Waals surface area contributed by atoms with Crippen LogP contribution in [0.2, 0.25) is 0 Å². The predicted octanol–water partition coefficient (Wildman–Crippen LogP) is 3.04. The molecule has 1 aromatic rings. The van der Waals surface area contributed by atoms with Gasteiger partial charge in [0.15, 0.2) is 0 Å². The molecule has 0 fully saturated rings. The summed E-state index contributed by atoms with van der Waals surface area (Å²) in [5.41, 5.74) is 10.2. The summed E-state index contributed by atoms with van der Waals surface area (Å²) in [5, 5.41) is 0. The molecule has 0 bridgehead atoms. The van der Waals surface area contributed by atoms with Crippen LogP contribution in [0.3, 0.4) is 0 Å². The Morgan fingerprint density at radius 2 is 1.94 bits per heavy atom. The van der Waals surface area contributed by atoms with Crippen molar-refractivity contribution in [1.82, 2.24) is 4.90 Å². The van der Waals surface area contributed by atoms with Crippen molar-refractivity contribution in [3.05, 3.63) is 34.9 Å². The highest BCUT2D eigenvalue weighted by Gasteiger charge is 2.09. The van der Waals surface area contributed by atoms with Gasteiger partial charge >= 0.3 is 0 Å². The van der Waals surface area contributed by atoms with Gasteiger partial charge in [-0.1, -0.05) is 31.5 Å². The number of hydrogen-bond acceptors (Lipinski definition) is 2. The second-order valence-corrected chi connectivity index (χ2v) is 5.07. The van der Waals surface area contributed by atoms with Gasteiger partial charge in [-0.25, -0.2) is 0 Å². The van der Waals surface area contributed by atoms with E-state index in [2.05, 4.69) is 50.9 Å². The average Bonchev–Trinajstić information content (AvgIpc) is 2.30. The Bertz CT molecular complexity index is 347. The minimum Gasteiger partial charge on any atom is -0.323 e. The van der Waals surface area contributed by atoms with E-state index in [0.717, 1.165) is 13.1 Å². The van der Waals surface area contributed by atoms with E-state index in [0.29, 0.717) is 0 Å². The maximum absolute atomic E-state index is 6.24. The Hall–Kier alpha value is -0.860. The number of aryl methyl sites for hydroxylation is 2. The Labute approximate surface area is 106 Å². The molecule has 1 atom stereocenters. The number of nitrogens with zero attached hydrogens (tertiary/aromatic N) is 1. The summed E-state index contributed by atoms with van der Waals surface area (Å²) in [5.74, 6) is 0. The fourth-order valence-corrected chi connectivity index (χ4v) is 1.96. The van der Waals surface area contributed by atoms with Gasteiger partial charge in [-0.05, 0) is 50.6 Å². The van der Waals surface area contributed by atoms with Crippen LogP contribution in [0.4, 0.5) is 0 Å². The fraction of sp³-hybridized carbons (Fsp3) is 0.600. The molecular weight excluding hydrogens is 208 g/mol. The minimum atomic E-state index is 0.121. The highest BCUT2D eigenvalue weighted by molar-refractivity contribution is 5.31. The van der Waals surface area contributed by atoms with Crippen molar-refractivity contribution in [2.45, 2.75) is 39.7 Å². The highest BCUT2D eigenvalue weighted by atomic mass is 15.1. The summed E-state index contributed by atoms with van der Waals surface area (Å²) in [4.78, 5) is 2.32. The lowest BCUT2D eigenvalue weighted by Gasteiger charge is -2.21. The van der Waals surface area contributed by atoms with Crippen molar-refractivity contribution in [3.8, 4) is 0 Å². The van der Waals surface area contributed by atoms with Crippen molar-refractivity contribution in [1.29, 1.82) is 0 Å². The Morgan fingerprint density at radius 1 is 1.24 bits per heavy atom. The van der Waals surface area contributed by atoms with E-state index in [9.17, 15) is 0 Å². The van der Waals surface area contributed by atoms with E-state index in [-0.39, 0.29) is 6.04 Å². The maximum Gasteiger partial charge on any atom is 0.0424 e. The van der Waals surface area contributed by atoms with Gasteiger partial charge in [0.2, 0.25) is 0 Å². The molecule has 17 heavy (non-hydrogen) atoms. The number of nitrogens with two attached hydrogens (primary N) is 1. The lowest BCUT2D eigenvalue weighted by molar-refractivity contribution is 0.307. The van der Waals surface area contributed by atoms with Crippen molar-refractivity contribution in [3.63, 3.8) is 0 Å². The van der Waals surface area contributed by atoms with Crippen LogP contribution in [0.25, 0.3) is 0 Å². The van der Waals surface area contributed by atoms with E-state index < -0.39 is 0 Å². The molecule has 2 heteroatoms. The van der Waals surface area contributed by atoms with Crippen molar-refractivity contribution < 1.29 is 0 Å². The normalized spacial score (nSPS) is 13.1. The summed E-state index contributed by atoms with van der Waals surface area (Å²) in [6.45, 7) is 8.57. The van der Waals surface area contributed by atoms with Crippen molar-refractivity contribution in [2.24, 2.45) is 5.73 Å². The molecule has 2 N–H and O–H groups in total. The van der Waals surface area contributed by atoms with Gasteiger partial charge in [0.25, 0.3) is 0 Å². The van der Waals surface area contributed by atoms with E-state index in [1.807, 2.05) is 0 Å². The first kappa shape index (κ1) is 14.2. The number of rotatable bonds is 6. The van der Waals surface area contributed by atoms with Crippen molar-refractivity contribution in [2.75, 3.05) is 20.1 Å². The molecule has 0 aromatic heterocycles. The second-order valence-electron chi connectivity index (χ2n) is 5.07. The predicted molar refractivity (Wildman–Crippen MR) is 75.2 cm³/mol. The first-order valence-electron chi connectivity index (χ1n) is 6.56. The molecule has 96 valence electrons. The summed E-state index contributed by atoms with van der Waals surface area (Å²) < 4.78 is 0. The van der Waals surface area contributed by atoms with Crippen LogP contribution in [0.15, 0.2) is 18.2 Å². The van der Waals surface area contributed by atoms with Gasteiger partial charge in [0.1, 0.15) is 0 Å². The van der Waals surface area contributed by atoms with E-state index >= 15 is 0 Å². The average molecular weight is 234 g/mol. The third kappa shape index (κ3) is 4.49. The minimum absolute atomic E-state index is 0.121. The number of benzene rings is 1. The third-order valence-corrected chi connectivity index (χ3v) is 3.36. The van der Waals surface area contributed by atoms with Crippen LogP contribution in [0, 0.1) is 13.8 Å². The Kier molecular flexibility index (Phi) is 5.66. The smallest absolute Gasteiger partial charge is 0.0424 e.